The predicted octanol–water partition coefficient (Wildman–Crippen LogP) is 2.45. The average molecular weight is 184 g/mol. The molecule has 0 saturated carbocycles. The Balaban J connectivity index is 3.99. The minimum Gasteiger partial charge on any atom is -0.481 e. The van der Waals surface area contributed by atoms with Crippen molar-refractivity contribution in [2.45, 2.75) is 6.92 Å². The van der Waals surface area contributed by atoms with Gasteiger partial charge < -0.3 is 5.11 Å². The zero-order chi connectivity index (χ0) is 9.40. The standard InChI is InChI=1S/C9H12O2S/c1-3-5-6-8(4-2)12-7-9(10)11/h3-6H,2,7H2,1H3,(H,10,11)/b5-3-,8-6+. The van der Waals surface area contributed by atoms with Crippen molar-refractivity contribution in [2.75, 3.05) is 5.75 Å². The van der Waals surface area contributed by atoms with Crippen LogP contribution in [0.25, 0.3) is 0 Å². The van der Waals surface area contributed by atoms with E-state index in [1.165, 1.54) is 11.8 Å². The average Bonchev–Trinajstić information content (AvgIpc) is 2.05. The highest BCUT2D eigenvalue weighted by molar-refractivity contribution is 8.03. The molecule has 0 unspecified atom stereocenters. The van der Waals surface area contributed by atoms with Crippen LogP contribution in [0.1, 0.15) is 6.92 Å². The topological polar surface area (TPSA) is 37.3 Å². The Labute approximate surface area is 76.7 Å². The zero-order valence-electron chi connectivity index (χ0n) is 6.99. The highest BCUT2D eigenvalue weighted by atomic mass is 32.2. The van der Waals surface area contributed by atoms with Crippen LogP contribution in [0, 0.1) is 0 Å². The maximum Gasteiger partial charge on any atom is 0.313 e. The Morgan fingerprint density at radius 3 is 2.75 bits per heavy atom. The molecule has 1 N–H and O–H groups in total. The van der Waals surface area contributed by atoms with Crippen LogP contribution in [0.5, 0.6) is 0 Å². The molecule has 66 valence electrons. The Morgan fingerprint density at radius 1 is 1.67 bits per heavy atom. The number of aliphatic carboxylic acids is 1. The number of hydrogen-bond donors (Lipinski definition) is 1. The summed E-state index contributed by atoms with van der Waals surface area (Å²) in [5, 5.41) is 8.38. The number of allylic oxidation sites excluding steroid dienone is 4. The molecule has 3 heteroatoms. The van der Waals surface area contributed by atoms with Gasteiger partial charge in [0, 0.05) is 4.91 Å². The van der Waals surface area contributed by atoms with Gasteiger partial charge in [-0.1, -0.05) is 24.8 Å². The fraction of sp³-hybridized carbons (Fsp3) is 0.222. The van der Waals surface area contributed by atoms with Crippen molar-refractivity contribution in [3.8, 4) is 0 Å². The molecule has 0 aliphatic carbocycles. The van der Waals surface area contributed by atoms with Crippen LogP contribution in [-0.2, 0) is 4.79 Å². The van der Waals surface area contributed by atoms with E-state index in [9.17, 15) is 4.79 Å². The third-order valence-electron chi connectivity index (χ3n) is 1.02. The minimum atomic E-state index is -0.812. The van der Waals surface area contributed by atoms with Gasteiger partial charge in [-0.2, -0.15) is 0 Å². The van der Waals surface area contributed by atoms with Crippen LogP contribution in [0.2, 0.25) is 0 Å². The number of thioether (sulfide) groups is 1. The Hall–Kier alpha value is -0.960. The summed E-state index contributed by atoms with van der Waals surface area (Å²) in [4.78, 5) is 11.1. The van der Waals surface area contributed by atoms with Crippen LogP contribution < -0.4 is 0 Å². The Kier molecular flexibility index (Phi) is 6.19. The molecule has 0 heterocycles. The molecule has 0 aromatic heterocycles. The summed E-state index contributed by atoms with van der Waals surface area (Å²) in [5.41, 5.74) is 0. The maximum atomic E-state index is 10.2. The molecule has 0 amide bonds. The molecule has 0 radical (unpaired) electrons. The Morgan fingerprint density at radius 2 is 2.33 bits per heavy atom. The van der Waals surface area contributed by atoms with Gasteiger partial charge in [0.2, 0.25) is 0 Å². The molecule has 0 aromatic rings. The van der Waals surface area contributed by atoms with Gasteiger partial charge in [0.05, 0.1) is 5.75 Å². The highest BCUT2D eigenvalue weighted by Gasteiger charge is 1.97. The van der Waals surface area contributed by atoms with Crippen molar-refractivity contribution in [1.82, 2.24) is 0 Å². The molecule has 0 fully saturated rings. The third kappa shape index (κ3) is 5.80. The second-order valence-electron chi connectivity index (χ2n) is 1.98. The lowest BCUT2D eigenvalue weighted by Crippen LogP contribution is -1.97. The van der Waals surface area contributed by atoms with Gasteiger partial charge >= 0.3 is 5.97 Å². The van der Waals surface area contributed by atoms with Crippen LogP contribution in [-0.4, -0.2) is 16.8 Å². The van der Waals surface area contributed by atoms with Crippen molar-refractivity contribution in [3.05, 3.63) is 35.8 Å². The van der Waals surface area contributed by atoms with E-state index >= 15 is 0 Å². The van der Waals surface area contributed by atoms with Crippen LogP contribution in [0.15, 0.2) is 35.8 Å². The van der Waals surface area contributed by atoms with E-state index in [-0.39, 0.29) is 5.75 Å². The maximum absolute atomic E-state index is 10.2. The van der Waals surface area contributed by atoms with Gasteiger partial charge in [-0.3, -0.25) is 4.79 Å². The SMILES string of the molecule is C=C/C(=C\C=C/C)SCC(=O)O. The lowest BCUT2D eigenvalue weighted by molar-refractivity contribution is -0.133. The van der Waals surface area contributed by atoms with E-state index in [1.807, 2.05) is 25.2 Å². The molecule has 0 aliphatic heterocycles. The lowest BCUT2D eigenvalue weighted by Gasteiger charge is -1.95. The number of carbonyl (C=O) groups is 1. The van der Waals surface area contributed by atoms with Crippen molar-refractivity contribution in [1.29, 1.82) is 0 Å². The van der Waals surface area contributed by atoms with Gasteiger partial charge in [0.15, 0.2) is 0 Å². The van der Waals surface area contributed by atoms with Gasteiger partial charge in [0.25, 0.3) is 0 Å². The number of carboxylic acid groups (broad SMARTS) is 1. The van der Waals surface area contributed by atoms with Crippen molar-refractivity contribution in [3.63, 3.8) is 0 Å². The monoisotopic (exact) mass is 184 g/mol. The molecule has 0 bridgehead atoms. The summed E-state index contributed by atoms with van der Waals surface area (Å²) in [6, 6.07) is 0. The summed E-state index contributed by atoms with van der Waals surface area (Å²) in [5.74, 6) is -0.733. The molecule has 2 nitrogen and oxygen atoms in total. The largest absolute Gasteiger partial charge is 0.481 e. The molecular formula is C9H12O2S. The molecule has 0 aliphatic rings. The first-order valence-electron chi connectivity index (χ1n) is 3.50. The van der Waals surface area contributed by atoms with Crippen LogP contribution >= 0.6 is 11.8 Å². The van der Waals surface area contributed by atoms with Crippen molar-refractivity contribution >= 4 is 17.7 Å². The van der Waals surface area contributed by atoms with Gasteiger partial charge in [-0.05, 0) is 13.0 Å². The second kappa shape index (κ2) is 6.73. The smallest absolute Gasteiger partial charge is 0.313 e. The first-order chi connectivity index (χ1) is 5.70. The molecule has 0 saturated heterocycles. The molecule has 0 rings (SSSR count). The van der Waals surface area contributed by atoms with Crippen LogP contribution in [0.4, 0.5) is 0 Å². The highest BCUT2D eigenvalue weighted by Crippen LogP contribution is 2.15. The second-order valence-corrected chi connectivity index (χ2v) is 3.03. The molecule has 0 aromatic carbocycles. The number of hydrogen-bond acceptors (Lipinski definition) is 2. The van der Waals surface area contributed by atoms with E-state index in [0.29, 0.717) is 0 Å². The van der Waals surface area contributed by atoms with Crippen molar-refractivity contribution in [2.24, 2.45) is 0 Å². The first-order valence-corrected chi connectivity index (χ1v) is 4.49. The summed E-state index contributed by atoms with van der Waals surface area (Å²) in [6.45, 7) is 5.48. The van der Waals surface area contributed by atoms with E-state index in [1.54, 1.807) is 6.08 Å². The summed E-state index contributed by atoms with van der Waals surface area (Å²) in [6.07, 6.45) is 7.21. The molecule has 0 atom stereocenters. The van der Waals surface area contributed by atoms with Crippen molar-refractivity contribution < 1.29 is 9.90 Å². The van der Waals surface area contributed by atoms with E-state index < -0.39 is 5.97 Å². The Bertz CT molecular complexity index is 217. The third-order valence-corrected chi connectivity index (χ3v) is 2.04. The van der Waals surface area contributed by atoms with Crippen LogP contribution in [0.3, 0.4) is 0 Å². The van der Waals surface area contributed by atoms with E-state index in [0.717, 1.165) is 4.91 Å². The number of carboxylic acids is 1. The van der Waals surface area contributed by atoms with Gasteiger partial charge in [0.1, 0.15) is 0 Å². The first kappa shape index (κ1) is 11.0. The summed E-state index contributed by atoms with van der Waals surface area (Å²) < 4.78 is 0. The van der Waals surface area contributed by atoms with E-state index in [4.69, 9.17) is 5.11 Å². The normalized spacial score (nSPS) is 11.9. The van der Waals surface area contributed by atoms with E-state index in [2.05, 4.69) is 6.58 Å². The summed E-state index contributed by atoms with van der Waals surface area (Å²) >= 11 is 1.26. The zero-order valence-corrected chi connectivity index (χ0v) is 7.80. The number of rotatable bonds is 5. The molecule has 0 spiro atoms. The van der Waals surface area contributed by atoms with Gasteiger partial charge in [-0.25, -0.2) is 0 Å². The minimum absolute atomic E-state index is 0.0788. The van der Waals surface area contributed by atoms with Gasteiger partial charge in [-0.15, -0.1) is 11.8 Å². The predicted molar refractivity (Wildman–Crippen MR) is 53.2 cm³/mol. The lowest BCUT2D eigenvalue weighted by atomic mass is 10.4. The molecular weight excluding hydrogens is 172 g/mol. The fourth-order valence-electron chi connectivity index (χ4n) is 0.511. The summed E-state index contributed by atoms with van der Waals surface area (Å²) in [7, 11) is 0. The quantitative estimate of drug-likeness (QED) is 0.667. The molecule has 12 heavy (non-hydrogen) atoms. The fourth-order valence-corrected chi connectivity index (χ4v) is 1.09.